The summed E-state index contributed by atoms with van der Waals surface area (Å²) in [7, 11) is 0. The molecular formula is C14H25NO5. The normalized spacial score (nSPS) is 11.8. The molecule has 6 nitrogen and oxygen atoms in total. The third kappa shape index (κ3) is 8.50. The van der Waals surface area contributed by atoms with E-state index in [-0.39, 0.29) is 18.7 Å². The van der Waals surface area contributed by atoms with Crippen LogP contribution in [0.5, 0.6) is 0 Å². The Hall–Kier alpha value is -1.59. The van der Waals surface area contributed by atoms with Crippen LogP contribution in [-0.4, -0.2) is 40.6 Å². The van der Waals surface area contributed by atoms with Gasteiger partial charge in [0.25, 0.3) is 0 Å². The zero-order valence-electron chi connectivity index (χ0n) is 13.4. The highest BCUT2D eigenvalue weighted by molar-refractivity contribution is 5.89. The minimum Gasteiger partial charge on any atom is -0.443 e. The number of ether oxygens (including phenoxy) is 2. The van der Waals surface area contributed by atoms with Gasteiger partial charge in [-0.2, -0.15) is 0 Å². The van der Waals surface area contributed by atoms with Crippen molar-refractivity contribution in [2.45, 2.75) is 66.1 Å². The molecule has 6 heteroatoms. The van der Waals surface area contributed by atoms with Crippen molar-refractivity contribution in [1.82, 2.24) is 4.90 Å². The molecule has 0 N–H and O–H groups in total. The second-order valence-corrected chi connectivity index (χ2v) is 6.56. The van der Waals surface area contributed by atoms with E-state index in [1.807, 2.05) is 0 Å². The van der Waals surface area contributed by atoms with Gasteiger partial charge >= 0.3 is 12.2 Å². The molecule has 0 saturated heterocycles. The Labute approximate surface area is 120 Å². The third-order valence-corrected chi connectivity index (χ3v) is 1.92. The standard InChI is InChI=1S/C14H25NO5/c1-10(16)8-9-15(11(17)19-13(2,3)4)12(18)20-14(5,6)7/h8-9H2,1-7H3. The lowest BCUT2D eigenvalue weighted by Crippen LogP contribution is -2.44. The zero-order valence-corrected chi connectivity index (χ0v) is 13.4. The molecule has 0 aliphatic heterocycles. The van der Waals surface area contributed by atoms with Crippen LogP contribution in [-0.2, 0) is 14.3 Å². The molecule has 2 amide bonds. The van der Waals surface area contributed by atoms with E-state index in [1.165, 1.54) is 6.92 Å². The lowest BCUT2D eigenvalue weighted by Gasteiger charge is -2.28. The molecule has 0 unspecified atom stereocenters. The summed E-state index contributed by atoms with van der Waals surface area (Å²) in [5.41, 5.74) is -1.46. The van der Waals surface area contributed by atoms with Crippen LogP contribution in [0.3, 0.4) is 0 Å². The molecule has 0 aliphatic rings. The summed E-state index contributed by atoms with van der Waals surface area (Å²) in [6.45, 7) is 11.5. The topological polar surface area (TPSA) is 72.9 Å². The summed E-state index contributed by atoms with van der Waals surface area (Å²) in [5, 5.41) is 0. The molecule has 0 spiro atoms. The first kappa shape index (κ1) is 18.4. The summed E-state index contributed by atoms with van der Waals surface area (Å²) < 4.78 is 10.3. The highest BCUT2D eigenvalue weighted by Crippen LogP contribution is 2.14. The van der Waals surface area contributed by atoms with Crippen molar-refractivity contribution in [1.29, 1.82) is 0 Å². The van der Waals surface area contributed by atoms with Crippen LogP contribution in [0.2, 0.25) is 0 Å². The molecular weight excluding hydrogens is 262 g/mol. The number of amides is 2. The van der Waals surface area contributed by atoms with Crippen LogP contribution >= 0.6 is 0 Å². The Morgan fingerprint density at radius 2 is 1.20 bits per heavy atom. The SMILES string of the molecule is CC(=O)CCN(C(=O)OC(C)(C)C)C(=O)OC(C)(C)C. The maximum Gasteiger partial charge on any atom is 0.419 e. The average molecular weight is 287 g/mol. The maximum atomic E-state index is 12.0. The van der Waals surface area contributed by atoms with Gasteiger partial charge in [0.05, 0.1) is 0 Å². The quantitative estimate of drug-likeness (QED) is 0.797. The average Bonchev–Trinajstić information content (AvgIpc) is 2.10. The second-order valence-electron chi connectivity index (χ2n) is 6.56. The number of carbonyl (C=O) groups is 3. The summed E-state index contributed by atoms with van der Waals surface area (Å²) >= 11 is 0. The lowest BCUT2D eigenvalue weighted by molar-refractivity contribution is -0.117. The molecule has 0 aromatic heterocycles. The first-order valence-corrected chi connectivity index (χ1v) is 6.55. The predicted octanol–water partition coefficient (Wildman–Crippen LogP) is 3.14. The first-order valence-electron chi connectivity index (χ1n) is 6.55. The van der Waals surface area contributed by atoms with Crippen molar-refractivity contribution in [2.75, 3.05) is 6.54 Å². The van der Waals surface area contributed by atoms with Crippen molar-refractivity contribution in [2.24, 2.45) is 0 Å². The van der Waals surface area contributed by atoms with Crippen LogP contribution in [0, 0.1) is 0 Å². The van der Waals surface area contributed by atoms with Crippen molar-refractivity contribution in [3.63, 3.8) is 0 Å². The smallest absolute Gasteiger partial charge is 0.419 e. The number of rotatable bonds is 3. The van der Waals surface area contributed by atoms with Crippen molar-refractivity contribution < 1.29 is 23.9 Å². The molecule has 0 bridgehead atoms. The van der Waals surface area contributed by atoms with Crippen molar-refractivity contribution in [3.8, 4) is 0 Å². The van der Waals surface area contributed by atoms with Gasteiger partial charge in [0.15, 0.2) is 0 Å². The fraction of sp³-hybridized carbons (Fsp3) is 0.786. The van der Waals surface area contributed by atoms with E-state index in [0.717, 1.165) is 4.90 Å². The van der Waals surface area contributed by atoms with Gasteiger partial charge in [0, 0.05) is 13.0 Å². The van der Waals surface area contributed by atoms with Gasteiger partial charge in [-0.3, -0.25) is 4.79 Å². The summed E-state index contributed by atoms with van der Waals surface area (Å²) in [4.78, 5) is 35.8. The van der Waals surface area contributed by atoms with Crippen molar-refractivity contribution in [3.05, 3.63) is 0 Å². The second kappa shape index (κ2) is 6.72. The van der Waals surface area contributed by atoms with E-state index >= 15 is 0 Å². The number of ketones is 1. The van der Waals surface area contributed by atoms with Crippen LogP contribution in [0.25, 0.3) is 0 Å². The molecule has 0 aromatic rings. The Bertz CT molecular complexity index is 348. The van der Waals surface area contributed by atoms with Gasteiger partial charge in [-0.25, -0.2) is 14.5 Å². The third-order valence-electron chi connectivity index (χ3n) is 1.92. The van der Waals surface area contributed by atoms with Gasteiger partial charge in [0.1, 0.15) is 17.0 Å². The number of Topliss-reactive ketones (excluding diaryl/α,β-unsaturated/α-hetero) is 1. The lowest BCUT2D eigenvalue weighted by atomic mass is 10.2. The first-order chi connectivity index (χ1) is 8.82. The predicted molar refractivity (Wildman–Crippen MR) is 74.5 cm³/mol. The largest absolute Gasteiger partial charge is 0.443 e. The molecule has 20 heavy (non-hydrogen) atoms. The Kier molecular flexibility index (Phi) is 6.19. The molecule has 0 fully saturated rings. The van der Waals surface area contributed by atoms with E-state index in [4.69, 9.17) is 9.47 Å². The monoisotopic (exact) mass is 287 g/mol. The molecule has 0 atom stereocenters. The van der Waals surface area contributed by atoms with Crippen LogP contribution in [0.1, 0.15) is 54.9 Å². The summed E-state index contributed by atoms with van der Waals surface area (Å²) in [5.74, 6) is -0.123. The van der Waals surface area contributed by atoms with Crippen molar-refractivity contribution >= 4 is 18.0 Å². The number of hydrogen-bond donors (Lipinski definition) is 0. The van der Waals surface area contributed by atoms with Gasteiger partial charge in [-0.15, -0.1) is 0 Å². The van der Waals surface area contributed by atoms with E-state index in [9.17, 15) is 14.4 Å². The van der Waals surface area contributed by atoms with Gasteiger partial charge < -0.3 is 9.47 Å². The number of nitrogens with zero attached hydrogens (tertiary/aromatic N) is 1. The van der Waals surface area contributed by atoms with Gasteiger partial charge in [0.2, 0.25) is 0 Å². The minimum absolute atomic E-state index is 0.0564. The highest BCUT2D eigenvalue weighted by atomic mass is 16.6. The number of hydrogen-bond acceptors (Lipinski definition) is 5. The number of imide groups is 1. The Balaban J connectivity index is 4.93. The fourth-order valence-corrected chi connectivity index (χ4v) is 1.16. The van der Waals surface area contributed by atoms with E-state index in [1.54, 1.807) is 41.5 Å². The summed E-state index contributed by atoms with van der Waals surface area (Å²) in [6, 6.07) is 0. The van der Waals surface area contributed by atoms with Gasteiger partial charge in [-0.1, -0.05) is 0 Å². The van der Waals surface area contributed by atoms with Crippen LogP contribution in [0.15, 0.2) is 0 Å². The van der Waals surface area contributed by atoms with Crippen LogP contribution < -0.4 is 0 Å². The molecule has 0 saturated carbocycles. The molecule has 0 aromatic carbocycles. The fourth-order valence-electron chi connectivity index (χ4n) is 1.16. The van der Waals surface area contributed by atoms with E-state index < -0.39 is 23.4 Å². The molecule has 0 rings (SSSR count). The molecule has 0 aliphatic carbocycles. The van der Waals surface area contributed by atoms with Crippen LogP contribution in [0.4, 0.5) is 9.59 Å². The molecule has 116 valence electrons. The zero-order chi connectivity index (χ0) is 16.1. The molecule has 0 radical (unpaired) electrons. The molecule has 0 heterocycles. The number of carbonyl (C=O) groups excluding carboxylic acids is 3. The van der Waals surface area contributed by atoms with E-state index in [2.05, 4.69) is 0 Å². The maximum absolute atomic E-state index is 12.0. The summed E-state index contributed by atoms with van der Waals surface area (Å²) in [6.07, 6.45) is -1.56. The van der Waals surface area contributed by atoms with Gasteiger partial charge in [-0.05, 0) is 48.5 Å². The Morgan fingerprint density at radius 3 is 1.45 bits per heavy atom. The Morgan fingerprint density at radius 1 is 0.850 bits per heavy atom. The van der Waals surface area contributed by atoms with E-state index in [0.29, 0.717) is 0 Å². The minimum atomic E-state index is -0.812. The highest BCUT2D eigenvalue weighted by Gasteiger charge is 2.30.